The zero-order chi connectivity index (χ0) is 16.7. The highest BCUT2D eigenvalue weighted by molar-refractivity contribution is 7.91. The van der Waals surface area contributed by atoms with Crippen LogP contribution in [0.4, 0.5) is 0 Å². The summed E-state index contributed by atoms with van der Waals surface area (Å²) in [6.45, 7) is 2.43. The van der Waals surface area contributed by atoms with E-state index in [2.05, 4.69) is 10.6 Å². The molecule has 1 aliphatic heterocycles. The number of carbonyl (C=O) groups excluding carboxylic acids is 1. The molecule has 0 radical (unpaired) electrons. The van der Waals surface area contributed by atoms with Crippen molar-refractivity contribution in [2.24, 2.45) is 0 Å². The summed E-state index contributed by atoms with van der Waals surface area (Å²) in [6.07, 6.45) is 4.10. The predicted molar refractivity (Wildman–Crippen MR) is 99.4 cm³/mol. The van der Waals surface area contributed by atoms with Crippen molar-refractivity contribution in [3.8, 4) is 0 Å². The molecule has 1 aromatic rings. The van der Waals surface area contributed by atoms with Crippen LogP contribution in [0.5, 0.6) is 0 Å². The van der Waals surface area contributed by atoms with Crippen molar-refractivity contribution in [3.63, 3.8) is 0 Å². The van der Waals surface area contributed by atoms with Crippen molar-refractivity contribution < 1.29 is 13.2 Å². The number of sulfonamides is 1. The minimum atomic E-state index is -3.34. The Kier molecular flexibility index (Phi) is 9.22. The van der Waals surface area contributed by atoms with Gasteiger partial charge < -0.3 is 10.6 Å². The number of nitrogens with zero attached hydrogens (tertiary/aromatic N) is 1. The van der Waals surface area contributed by atoms with E-state index in [1.807, 2.05) is 13.1 Å². The van der Waals surface area contributed by atoms with Gasteiger partial charge in [0.25, 0.3) is 10.0 Å². The Balaban J connectivity index is 0.00000288. The number of hydrogen-bond acceptors (Lipinski definition) is 5. The number of piperidine rings is 1. The molecule has 1 aliphatic rings. The average molecular weight is 396 g/mol. The summed E-state index contributed by atoms with van der Waals surface area (Å²) in [5.41, 5.74) is 0. The van der Waals surface area contributed by atoms with Crippen molar-refractivity contribution in [3.05, 3.63) is 17.0 Å². The molecule has 2 heterocycles. The largest absolute Gasteiger partial charge is 0.356 e. The van der Waals surface area contributed by atoms with Crippen LogP contribution in [0.15, 0.2) is 16.3 Å². The Morgan fingerprint density at radius 3 is 2.58 bits per heavy atom. The molecule has 2 rings (SSSR count). The molecule has 0 saturated carbocycles. The highest BCUT2D eigenvalue weighted by atomic mass is 35.5. The topological polar surface area (TPSA) is 78.5 Å². The maximum atomic E-state index is 12.6. The van der Waals surface area contributed by atoms with Crippen LogP contribution in [0.3, 0.4) is 0 Å². The Morgan fingerprint density at radius 1 is 1.21 bits per heavy atom. The fourth-order valence-corrected chi connectivity index (χ4v) is 5.54. The van der Waals surface area contributed by atoms with Crippen molar-refractivity contribution in [1.82, 2.24) is 14.9 Å². The van der Waals surface area contributed by atoms with Crippen LogP contribution in [-0.4, -0.2) is 51.9 Å². The first kappa shape index (κ1) is 21.4. The molecular weight excluding hydrogens is 370 g/mol. The van der Waals surface area contributed by atoms with E-state index in [1.54, 1.807) is 10.4 Å². The third-order valence-corrected chi connectivity index (χ3v) is 7.35. The third kappa shape index (κ3) is 6.00. The van der Waals surface area contributed by atoms with Crippen molar-refractivity contribution in [2.75, 3.05) is 33.2 Å². The Hall–Kier alpha value is -0.670. The molecule has 138 valence electrons. The normalized spacial score (nSPS) is 15.7. The van der Waals surface area contributed by atoms with Gasteiger partial charge in [-0.15, -0.1) is 23.7 Å². The SMILES string of the molecule is CNCCC(=O)NCCc1ccc(S(=O)(=O)N2CCCCC2)s1.Cl. The van der Waals surface area contributed by atoms with Crippen LogP contribution in [0.1, 0.15) is 30.6 Å². The summed E-state index contributed by atoms with van der Waals surface area (Å²) in [6, 6.07) is 3.54. The zero-order valence-corrected chi connectivity index (χ0v) is 16.4. The van der Waals surface area contributed by atoms with E-state index in [9.17, 15) is 13.2 Å². The van der Waals surface area contributed by atoms with Gasteiger partial charge in [-0.3, -0.25) is 4.79 Å². The van der Waals surface area contributed by atoms with Crippen LogP contribution in [0.2, 0.25) is 0 Å². The molecule has 0 aliphatic carbocycles. The van der Waals surface area contributed by atoms with Crippen LogP contribution in [0, 0.1) is 0 Å². The molecule has 0 aromatic carbocycles. The second-order valence-electron chi connectivity index (χ2n) is 5.64. The first-order chi connectivity index (χ1) is 11.0. The van der Waals surface area contributed by atoms with Gasteiger partial charge in [-0.25, -0.2) is 8.42 Å². The molecule has 0 atom stereocenters. The Bertz CT molecular complexity index is 613. The number of halogens is 1. The zero-order valence-electron chi connectivity index (χ0n) is 13.9. The minimum Gasteiger partial charge on any atom is -0.356 e. The summed E-state index contributed by atoms with van der Waals surface area (Å²) >= 11 is 1.31. The smallest absolute Gasteiger partial charge is 0.252 e. The molecule has 1 saturated heterocycles. The first-order valence-corrected chi connectivity index (χ1v) is 10.3. The highest BCUT2D eigenvalue weighted by Crippen LogP contribution is 2.27. The number of amides is 1. The summed E-state index contributed by atoms with van der Waals surface area (Å²) < 4.78 is 27.1. The maximum Gasteiger partial charge on any atom is 0.252 e. The third-order valence-electron chi connectivity index (χ3n) is 3.84. The van der Waals surface area contributed by atoms with E-state index in [4.69, 9.17) is 0 Å². The van der Waals surface area contributed by atoms with Gasteiger partial charge in [-0.05, 0) is 38.4 Å². The van der Waals surface area contributed by atoms with Gasteiger partial charge in [0.15, 0.2) is 0 Å². The van der Waals surface area contributed by atoms with Gasteiger partial charge >= 0.3 is 0 Å². The maximum absolute atomic E-state index is 12.6. The Morgan fingerprint density at radius 2 is 1.92 bits per heavy atom. The molecule has 0 bridgehead atoms. The predicted octanol–water partition coefficient (Wildman–Crippen LogP) is 1.61. The minimum absolute atomic E-state index is 0. The van der Waals surface area contributed by atoms with Gasteiger partial charge in [0.1, 0.15) is 4.21 Å². The van der Waals surface area contributed by atoms with Gasteiger partial charge in [-0.1, -0.05) is 6.42 Å². The second kappa shape index (κ2) is 10.4. The van der Waals surface area contributed by atoms with E-state index in [0.29, 0.717) is 43.2 Å². The van der Waals surface area contributed by atoms with Gasteiger partial charge in [-0.2, -0.15) is 4.31 Å². The van der Waals surface area contributed by atoms with E-state index >= 15 is 0 Å². The monoisotopic (exact) mass is 395 g/mol. The lowest BCUT2D eigenvalue weighted by Gasteiger charge is -2.25. The number of carbonyl (C=O) groups is 1. The van der Waals surface area contributed by atoms with Crippen molar-refractivity contribution >= 4 is 39.7 Å². The van der Waals surface area contributed by atoms with Crippen LogP contribution >= 0.6 is 23.7 Å². The van der Waals surface area contributed by atoms with E-state index in [1.165, 1.54) is 11.3 Å². The average Bonchev–Trinajstić information content (AvgIpc) is 3.03. The second-order valence-corrected chi connectivity index (χ2v) is 8.97. The number of rotatable bonds is 8. The lowest BCUT2D eigenvalue weighted by Crippen LogP contribution is -2.35. The molecule has 24 heavy (non-hydrogen) atoms. The van der Waals surface area contributed by atoms with Crippen LogP contribution < -0.4 is 10.6 Å². The summed E-state index contributed by atoms with van der Waals surface area (Å²) in [5, 5.41) is 5.77. The van der Waals surface area contributed by atoms with E-state index in [-0.39, 0.29) is 18.3 Å². The molecule has 1 aromatic heterocycles. The summed E-state index contributed by atoms with van der Waals surface area (Å²) in [7, 11) is -1.53. The quantitative estimate of drug-likeness (QED) is 0.701. The molecule has 1 fully saturated rings. The standard InChI is InChI=1S/C15H25N3O3S2.ClH/c1-16-9-8-14(19)17-10-7-13-5-6-15(22-13)23(20,21)18-11-3-2-4-12-18;/h5-6,16H,2-4,7-12H2,1H3,(H,17,19);1H. The molecule has 9 heteroatoms. The van der Waals surface area contributed by atoms with Crippen LogP contribution in [-0.2, 0) is 21.2 Å². The molecule has 1 amide bonds. The summed E-state index contributed by atoms with van der Waals surface area (Å²) in [4.78, 5) is 12.5. The van der Waals surface area contributed by atoms with Gasteiger partial charge in [0, 0.05) is 37.5 Å². The number of thiophene rings is 1. The molecule has 0 unspecified atom stereocenters. The van der Waals surface area contributed by atoms with Gasteiger partial charge in [0.2, 0.25) is 5.91 Å². The number of hydrogen-bond donors (Lipinski definition) is 2. The highest BCUT2D eigenvalue weighted by Gasteiger charge is 2.27. The van der Waals surface area contributed by atoms with Gasteiger partial charge in [0.05, 0.1) is 0 Å². The van der Waals surface area contributed by atoms with E-state index in [0.717, 1.165) is 24.1 Å². The van der Waals surface area contributed by atoms with E-state index < -0.39 is 10.0 Å². The molecular formula is C15H26ClN3O3S2. The fourth-order valence-electron chi connectivity index (χ4n) is 2.52. The summed E-state index contributed by atoms with van der Waals surface area (Å²) in [5.74, 6) is 0.0112. The lowest BCUT2D eigenvalue weighted by atomic mass is 10.2. The van der Waals surface area contributed by atoms with Crippen molar-refractivity contribution in [1.29, 1.82) is 0 Å². The molecule has 2 N–H and O–H groups in total. The number of nitrogens with one attached hydrogen (secondary N) is 2. The van der Waals surface area contributed by atoms with Crippen molar-refractivity contribution in [2.45, 2.75) is 36.3 Å². The van der Waals surface area contributed by atoms with Crippen LogP contribution in [0.25, 0.3) is 0 Å². The lowest BCUT2D eigenvalue weighted by molar-refractivity contribution is -0.120. The Labute approximate surface area is 154 Å². The fraction of sp³-hybridized carbons (Fsp3) is 0.667. The molecule has 0 spiro atoms. The first-order valence-electron chi connectivity index (χ1n) is 8.04. The molecule has 6 nitrogen and oxygen atoms in total.